The summed E-state index contributed by atoms with van der Waals surface area (Å²) in [7, 11) is 0. The van der Waals surface area contributed by atoms with Gasteiger partial charge >= 0.3 is 12.1 Å². The van der Waals surface area contributed by atoms with Crippen LogP contribution in [0.3, 0.4) is 0 Å². The number of carbonyl (C=O) groups excluding carboxylic acids is 1. The lowest BCUT2D eigenvalue weighted by molar-refractivity contribution is -0.174. The van der Waals surface area contributed by atoms with E-state index in [0.717, 1.165) is 0 Å². The van der Waals surface area contributed by atoms with Crippen molar-refractivity contribution in [1.29, 1.82) is 0 Å². The number of carbonyl (C=O) groups is 2. The molecule has 1 amide bonds. The van der Waals surface area contributed by atoms with Crippen molar-refractivity contribution in [3.63, 3.8) is 0 Å². The average Bonchev–Trinajstić information content (AvgIpc) is 2.19. The van der Waals surface area contributed by atoms with E-state index in [2.05, 4.69) is 4.74 Å². The first-order chi connectivity index (χ1) is 7.72. The van der Waals surface area contributed by atoms with Crippen molar-refractivity contribution in [3.8, 4) is 0 Å². The molecule has 0 aliphatic heterocycles. The maximum Gasteiger partial charge on any atom is 0.411 e. The maximum absolute atomic E-state index is 11.6. The van der Waals surface area contributed by atoms with Gasteiger partial charge in [0.15, 0.2) is 6.10 Å². The Balaban J connectivity index is 3.57. The molecule has 3 N–H and O–H groups in total. The van der Waals surface area contributed by atoms with Gasteiger partial charge in [-0.1, -0.05) is 0 Å². The molecule has 0 rings (SSSR count). The van der Waals surface area contributed by atoms with Crippen molar-refractivity contribution >= 4 is 11.9 Å². The predicted octanol–water partition coefficient (Wildman–Crippen LogP) is -0.483. The number of aliphatic hydroxyl groups excluding tert-OH is 1. The smallest absolute Gasteiger partial charge is 0.411 e. The van der Waals surface area contributed by atoms with E-state index in [1.165, 1.54) is 0 Å². The molecule has 0 fully saturated rings. The zero-order valence-electron chi connectivity index (χ0n) is 8.66. The highest BCUT2D eigenvalue weighted by Gasteiger charge is 2.27. The van der Waals surface area contributed by atoms with Crippen molar-refractivity contribution in [2.24, 2.45) is 0 Å². The van der Waals surface area contributed by atoms with Gasteiger partial charge in [-0.25, -0.2) is 4.79 Å². The van der Waals surface area contributed by atoms with Crippen LogP contribution < -0.4 is 5.32 Å². The van der Waals surface area contributed by atoms with Gasteiger partial charge in [0.25, 0.3) is 0 Å². The standard InChI is InChI=1S/C8H12F3NO5/c9-8(10,11)4-17-2-1-6(14)12-3-5(13)7(15)16/h5,13H,1-4H2,(H,12,14)(H,15,16)/t5-/m0/s1. The van der Waals surface area contributed by atoms with E-state index in [1.54, 1.807) is 0 Å². The fraction of sp³-hybridized carbons (Fsp3) is 0.750. The Bertz CT molecular complexity index is 268. The second-order valence-electron chi connectivity index (χ2n) is 3.08. The summed E-state index contributed by atoms with van der Waals surface area (Å²) in [6, 6.07) is 0. The van der Waals surface area contributed by atoms with Crippen LogP contribution in [0.5, 0.6) is 0 Å². The SMILES string of the molecule is O=C(CCOCC(F)(F)F)NC[C@H](O)C(=O)O. The number of halogens is 3. The van der Waals surface area contributed by atoms with Gasteiger partial charge in [-0.2, -0.15) is 13.2 Å². The quantitative estimate of drug-likeness (QED) is 0.536. The topological polar surface area (TPSA) is 95.9 Å². The molecular weight excluding hydrogens is 247 g/mol. The number of ether oxygens (including phenoxy) is 1. The molecule has 100 valence electrons. The predicted molar refractivity (Wildman–Crippen MR) is 48.1 cm³/mol. The van der Waals surface area contributed by atoms with Gasteiger partial charge in [-0.05, 0) is 0 Å². The number of hydrogen-bond acceptors (Lipinski definition) is 4. The van der Waals surface area contributed by atoms with Crippen LogP contribution in [-0.2, 0) is 14.3 Å². The number of alkyl halides is 3. The van der Waals surface area contributed by atoms with Gasteiger partial charge in [0.1, 0.15) is 6.61 Å². The first kappa shape index (κ1) is 15.7. The molecule has 0 heterocycles. The van der Waals surface area contributed by atoms with Gasteiger partial charge in [-0.3, -0.25) is 4.79 Å². The number of aliphatic carboxylic acids is 1. The zero-order chi connectivity index (χ0) is 13.5. The third-order valence-corrected chi connectivity index (χ3v) is 1.52. The Kier molecular flexibility index (Phi) is 6.51. The van der Waals surface area contributed by atoms with Crippen LogP contribution in [0.25, 0.3) is 0 Å². The third-order valence-electron chi connectivity index (χ3n) is 1.52. The molecular formula is C8H12F3NO5. The molecule has 0 aromatic carbocycles. The minimum atomic E-state index is -4.45. The first-order valence-electron chi connectivity index (χ1n) is 4.54. The fourth-order valence-electron chi connectivity index (χ4n) is 0.739. The van der Waals surface area contributed by atoms with E-state index < -0.39 is 43.9 Å². The lowest BCUT2D eigenvalue weighted by atomic mass is 10.3. The van der Waals surface area contributed by atoms with E-state index in [0.29, 0.717) is 0 Å². The number of hydrogen-bond donors (Lipinski definition) is 3. The van der Waals surface area contributed by atoms with Crippen molar-refractivity contribution in [3.05, 3.63) is 0 Å². The molecule has 0 aromatic rings. The summed E-state index contributed by atoms with van der Waals surface area (Å²) in [5, 5.41) is 19.0. The van der Waals surface area contributed by atoms with Crippen LogP contribution in [-0.4, -0.2) is 54.1 Å². The summed E-state index contributed by atoms with van der Waals surface area (Å²) in [6.45, 7) is -2.39. The highest BCUT2D eigenvalue weighted by Crippen LogP contribution is 2.14. The van der Waals surface area contributed by atoms with E-state index in [1.807, 2.05) is 5.32 Å². The van der Waals surface area contributed by atoms with Gasteiger partial charge in [-0.15, -0.1) is 0 Å². The van der Waals surface area contributed by atoms with Crippen molar-refractivity contribution in [2.45, 2.75) is 18.7 Å². The number of amides is 1. The normalized spacial score (nSPS) is 13.2. The lowest BCUT2D eigenvalue weighted by Gasteiger charge is -2.09. The Hall–Kier alpha value is -1.35. The van der Waals surface area contributed by atoms with E-state index in [-0.39, 0.29) is 6.42 Å². The highest BCUT2D eigenvalue weighted by atomic mass is 19.4. The van der Waals surface area contributed by atoms with Crippen molar-refractivity contribution < 1.29 is 37.7 Å². The molecule has 9 heteroatoms. The average molecular weight is 259 g/mol. The molecule has 17 heavy (non-hydrogen) atoms. The molecule has 0 aliphatic rings. The second-order valence-corrected chi connectivity index (χ2v) is 3.08. The maximum atomic E-state index is 11.6. The van der Waals surface area contributed by atoms with Crippen LogP contribution in [0, 0.1) is 0 Å². The summed E-state index contributed by atoms with van der Waals surface area (Å²) in [5.41, 5.74) is 0. The highest BCUT2D eigenvalue weighted by molar-refractivity contribution is 5.78. The molecule has 0 spiro atoms. The Morgan fingerprint density at radius 2 is 1.94 bits per heavy atom. The number of rotatable bonds is 7. The van der Waals surface area contributed by atoms with Crippen molar-refractivity contribution in [1.82, 2.24) is 5.32 Å². The van der Waals surface area contributed by atoms with Crippen LogP contribution in [0.1, 0.15) is 6.42 Å². The number of nitrogens with one attached hydrogen (secondary N) is 1. The molecule has 0 saturated heterocycles. The van der Waals surface area contributed by atoms with Crippen molar-refractivity contribution in [2.75, 3.05) is 19.8 Å². The Morgan fingerprint density at radius 3 is 2.41 bits per heavy atom. The number of aliphatic hydroxyl groups is 1. The Morgan fingerprint density at radius 1 is 1.35 bits per heavy atom. The molecule has 0 unspecified atom stereocenters. The van der Waals surface area contributed by atoms with Crippen LogP contribution in [0.4, 0.5) is 13.2 Å². The Labute approximate surface area is 94.4 Å². The summed E-state index contributed by atoms with van der Waals surface area (Å²) in [5.74, 6) is -2.20. The molecule has 0 aliphatic carbocycles. The third kappa shape index (κ3) is 9.57. The summed E-state index contributed by atoms with van der Waals surface area (Å²) in [6.07, 6.45) is -6.53. The van der Waals surface area contributed by atoms with Gasteiger partial charge < -0.3 is 20.3 Å². The van der Waals surface area contributed by atoms with Crippen LogP contribution in [0.15, 0.2) is 0 Å². The van der Waals surface area contributed by atoms with E-state index in [4.69, 9.17) is 10.2 Å². The van der Waals surface area contributed by atoms with Gasteiger partial charge in [0.2, 0.25) is 5.91 Å². The number of carboxylic acids is 1. The molecule has 6 nitrogen and oxygen atoms in total. The zero-order valence-corrected chi connectivity index (χ0v) is 8.66. The lowest BCUT2D eigenvalue weighted by Crippen LogP contribution is -2.36. The molecule has 1 atom stereocenters. The monoisotopic (exact) mass is 259 g/mol. The molecule has 0 radical (unpaired) electrons. The summed E-state index contributed by atoms with van der Waals surface area (Å²) < 4.78 is 39.0. The largest absolute Gasteiger partial charge is 0.479 e. The van der Waals surface area contributed by atoms with Crippen LogP contribution in [0.2, 0.25) is 0 Å². The second kappa shape index (κ2) is 7.07. The van der Waals surface area contributed by atoms with Gasteiger partial charge in [0, 0.05) is 6.42 Å². The first-order valence-corrected chi connectivity index (χ1v) is 4.54. The molecule has 0 aromatic heterocycles. The van der Waals surface area contributed by atoms with Crippen LogP contribution >= 0.6 is 0 Å². The van der Waals surface area contributed by atoms with E-state index in [9.17, 15) is 22.8 Å². The van der Waals surface area contributed by atoms with E-state index >= 15 is 0 Å². The molecule has 0 bridgehead atoms. The summed E-state index contributed by atoms with van der Waals surface area (Å²) in [4.78, 5) is 21.0. The number of carboxylic acid groups (broad SMARTS) is 1. The minimum absolute atomic E-state index is 0.345. The van der Waals surface area contributed by atoms with Gasteiger partial charge in [0.05, 0.1) is 13.2 Å². The molecule has 0 saturated carbocycles. The minimum Gasteiger partial charge on any atom is -0.479 e. The summed E-state index contributed by atoms with van der Waals surface area (Å²) >= 11 is 0. The fourth-order valence-corrected chi connectivity index (χ4v) is 0.739.